The summed E-state index contributed by atoms with van der Waals surface area (Å²) in [4.78, 5) is 11.6. The molecule has 1 fully saturated rings. The molecule has 2 aromatic rings. The second kappa shape index (κ2) is 4.80. The number of carbonyl (C=O) groups excluding carboxylic acids is 1. The van der Waals surface area contributed by atoms with Crippen molar-refractivity contribution in [3.63, 3.8) is 0 Å². The molecule has 1 amide bonds. The second-order valence-corrected chi connectivity index (χ2v) is 5.39. The van der Waals surface area contributed by atoms with E-state index in [1.807, 2.05) is 12.1 Å². The Morgan fingerprint density at radius 1 is 1.38 bits per heavy atom. The standard InChI is InChI=1S/C15H15F2NO3/c16-15(17,14(20)6-3-7-14)13(19)18-9-11-8-10-4-1-2-5-12(10)21-11/h1-2,4-5,8,20H,3,6-7,9H2,(H,18,19). The van der Waals surface area contributed by atoms with Gasteiger partial charge in [-0.25, -0.2) is 0 Å². The fraction of sp³-hybridized carbons (Fsp3) is 0.400. The first-order chi connectivity index (χ1) is 9.92. The van der Waals surface area contributed by atoms with Crippen LogP contribution in [-0.4, -0.2) is 22.5 Å². The molecule has 0 atom stereocenters. The number of hydrogen-bond donors (Lipinski definition) is 2. The molecule has 0 spiro atoms. The molecule has 1 heterocycles. The van der Waals surface area contributed by atoms with Crippen LogP contribution in [-0.2, 0) is 11.3 Å². The Morgan fingerprint density at radius 3 is 2.71 bits per heavy atom. The van der Waals surface area contributed by atoms with Crippen molar-refractivity contribution in [3.05, 3.63) is 36.1 Å². The molecule has 6 heteroatoms. The molecule has 3 rings (SSSR count). The number of halogens is 2. The molecule has 0 unspecified atom stereocenters. The molecule has 0 radical (unpaired) electrons. The minimum Gasteiger partial charge on any atom is -0.459 e. The zero-order valence-electron chi connectivity index (χ0n) is 11.2. The van der Waals surface area contributed by atoms with Crippen LogP contribution < -0.4 is 5.32 Å². The van der Waals surface area contributed by atoms with E-state index in [0.717, 1.165) is 5.39 Å². The molecule has 0 bridgehead atoms. The number of furan rings is 1. The van der Waals surface area contributed by atoms with Gasteiger partial charge >= 0.3 is 5.92 Å². The lowest BCUT2D eigenvalue weighted by Crippen LogP contribution is -2.60. The summed E-state index contributed by atoms with van der Waals surface area (Å²) in [7, 11) is 0. The number of para-hydroxylation sites is 1. The van der Waals surface area contributed by atoms with E-state index in [4.69, 9.17) is 4.42 Å². The van der Waals surface area contributed by atoms with Crippen LogP contribution >= 0.6 is 0 Å². The third-order valence-corrected chi connectivity index (χ3v) is 3.95. The van der Waals surface area contributed by atoms with Gasteiger partial charge in [0.2, 0.25) is 0 Å². The van der Waals surface area contributed by atoms with Crippen LogP contribution in [0.5, 0.6) is 0 Å². The molecule has 0 saturated heterocycles. The average Bonchev–Trinajstić information content (AvgIpc) is 2.84. The zero-order valence-corrected chi connectivity index (χ0v) is 11.2. The molecule has 4 nitrogen and oxygen atoms in total. The zero-order chi connectivity index (χ0) is 15.1. The van der Waals surface area contributed by atoms with Gasteiger partial charge in [-0.05, 0) is 31.4 Å². The lowest BCUT2D eigenvalue weighted by Gasteiger charge is -2.41. The van der Waals surface area contributed by atoms with Crippen molar-refractivity contribution in [2.75, 3.05) is 0 Å². The highest BCUT2D eigenvalue weighted by Gasteiger charge is 2.61. The molecule has 1 saturated carbocycles. The Hall–Kier alpha value is -1.95. The number of carbonyl (C=O) groups is 1. The Labute approximate surface area is 119 Å². The van der Waals surface area contributed by atoms with Crippen LogP contribution in [0.4, 0.5) is 8.78 Å². The monoisotopic (exact) mass is 295 g/mol. The Kier molecular flexibility index (Phi) is 3.20. The summed E-state index contributed by atoms with van der Waals surface area (Å²) in [6.45, 7) is -0.140. The summed E-state index contributed by atoms with van der Waals surface area (Å²) in [6, 6.07) is 8.91. The van der Waals surface area contributed by atoms with E-state index in [9.17, 15) is 18.7 Å². The summed E-state index contributed by atoms with van der Waals surface area (Å²) >= 11 is 0. The topological polar surface area (TPSA) is 62.5 Å². The maximum Gasteiger partial charge on any atom is 0.352 e. The van der Waals surface area contributed by atoms with Gasteiger partial charge in [-0.3, -0.25) is 4.79 Å². The van der Waals surface area contributed by atoms with Crippen LogP contribution in [0, 0.1) is 0 Å². The van der Waals surface area contributed by atoms with Gasteiger partial charge in [0.15, 0.2) is 0 Å². The molecular formula is C15H15F2NO3. The van der Waals surface area contributed by atoms with Gasteiger partial charge in [0.05, 0.1) is 6.54 Å². The largest absolute Gasteiger partial charge is 0.459 e. The normalized spacial score (nSPS) is 17.5. The molecule has 0 aliphatic heterocycles. The van der Waals surface area contributed by atoms with Crippen molar-refractivity contribution >= 4 is 16.9 Å². The summed E-state index contributed by atoms with van der Waals surface area (Å²) in [5, 5.41) is 12.7. The number of alkyl halides is 2. The number of rotatable bonds is 4. The number of hydrogen-bond acceptors (Lipinski definition) is 3. The maximum atomic E-state index is 13.9. The highest BCUT2D eigenvalue weighted by Crippen LogP contribution is 2.44. The minimum absolute atomic E-state index is 0.0575. The van der Waals surface area contributed by atoms with Crippen molar-refractivity contribution in [2.24, 2.45) is 0 Å². The molecule has 21 heavy (non-hydrogen) atoms. The number of amides is 1. The molecule has 1 aromatic heterocycles. The highest BCUT2D eigenvalue weighted by atomic mass is 19.3. The van der Waals surface area contributed by atoms with E-state index < -0.39 is 17.4 Å². The molecule has 1 aliphatic rings. The molecule has 112 valence electrons. The first-order valence-corrected chi connectivity index (χ1v) is 6.78. The Bertz CT molecular complexity index is 643. The molecule has 1 aromatic carbocycles. The Balaban J connectivity index is 1.68. The van der Waals surface area contributed by atoms with Crippen LogP contribution in [0.3, 0.4) is 0 Å². The van der Waals surface area contributed by atoms with Gasteiger partial charge in [-0.1, -0.05) is 18.2 Å². The number of benzene rings is 1. The van der Waals surface area contributed by atoms with E-state index >= 15 is 0 Å². The summed E-state index contributed by atoms with van der Waals surface area (Å²) in [6.07, 6.45) is 0.388. The van der Waals surface area contributed by atoms with Gasteiger partial charge in [0, 0.05) is 5.39 Å². The molecule has 1 aliphatic carbocycles. The van der Waals surface area contributed by atoms with Gasteiger partial charge in [0.1, 0.15) is 16.9 Å². The third-order valence-electron chi connectivity index (χ3n) is 3.95. The van der Waals surface area contributed by atoms with E-state index in [0.29, 0.717) is 17.8 Å². The van der Waals surface area contributed by atoms with E-state index in [1.165, 1.54) is 0 Å². The van der Waals surface area contributed by atoms with Crippen molar-refractivity contribution in [2.45, 2.75) is 37.3 Å². The van der Waals surface area contributed by atoms with Gasteiger partial charge in [-0.2, -0.15) is 8.78 Å². The maximum absolute atomic E-state index is 13.9. The van der Waals surface area contributed by atoms with E-state index in [1.54, 1.807) is 18.2 Å². The fourth-order valence-corrected chi connectivity index (χ4v) is 2.44. The lowest BCUT2D eigenvalue weighted by molar-refractivity contribution is -0.216. The van der Waals surface area contributed by atoms with Crippen molar-refractivity contribution in [1.82, 2.24) is 5.32 Å². The predicted octanol–water partition coefficient (Wildman–Crippen LogP) is 2.60. The first-order valence-electron chi connectivity index (χ1n) is 6.78. The quantitative estimate of drug-likeness (QED) is 0.911. The van der Waals surface area contributed by atoms with Crippen molar-refractivity contribution < 1.29 is 23.1 Å². The fourth-order valence-electron chi connectivity index (χ4n) is 2.44. The minimum atomic E-state index is -3.78. The van der Waals surface area contributed by atoms with E-state index in [-0.39, 0.29) is 19.4 Å². The van der Waals surface area contributed by atoms with Crippen LogP contribution in [0.25, 0.3) is 11.0 Å². The van der Waals surface area contributed by atoms with Crippen LogP contribution in [0.15, 0.2) is 34.7 Å². The SMILES string of the molecule is O=C(NCc1cc2ccccc2o1)C(F)(F)C1(O)CCC1. The summed E-state index contributed by atoms with van der Waals surface area (Å²) < 4.78 is 33.2. The third kappa shape index (κ3) is 2.29. The van der Waals surface area contributed by atoms with Crippen molar-refractivity contribution in [1.29, 1.82) is 0 Å². The van der Waals surface area contributed by atoms with Crippen LogP contribution in [0.1, 0.15) is 25.0 Å². The highest BCUT2D eigenvalue weighted by molar-refractivity contribution is 5.85. The van der Waals surface area contributed by atoms with Gasteiger partial charge in [-0.15, -0.1) is 0 Å². The average molecular weight is 295 g/mol. The van der Waals surface area contributed by atoms with E-state index in [2.05, 4.69) is 5.32 Å². The number of nitrogens with one attached hydrogen (secondary N) is 1. The molecule has 2 N–H and O–H groups in total. The second-order valence-electron chi connectivity index (χ2n) is 5.39. The number of aliphatic hydroxyl groups is 1. The van der Waals surface area contributed by atoms with Crippen LogP contribution in [0.2, 0.25) is 0 Å². The first kappa shape index (κ1) is 14.0. The van der Waals surface area contributed by atoms with Crippen molar-refractivity contribution in [3.8, 4) is 0 Å². The summed E-state index contributed by atoms with van der Waals surface area (Å²) in [5.41, 5.74) is -1.57. The van der Waals surface area contributed by atoms with Gasteiger partial charge in [0.25, 0.3) is 5.91 Å². The Morgan fingerprint density at radius 2 is 2.10 bits per heavy atom. The number of fused-ring (bicyclic) bond motifs is 1. The van der Waals surface area contributed by atoms with Gasteiger partial charge < -0.3 is 14.8 Å². The molecular weight excluding hydrogens is 280 g/mol. The smallest absolute Gasteiger partial charge is 0.352 e. The lowest BCUT2D eigenvalue weighted by atomic mass is 9.75. The predicted molar refractivity (Wildman–Crippen MR) is 71.8 cm³/mol. The summed E-state index contributed by atoms with van der Waals surface area (Å²) in [5.74, 6) is -4.86.